The van der Waals surface area contributed by atoms with Crippen molar-refractivity contribution in [3.8, 4) is 0 Å². The molecule has 2 fully saturated rings. The summed E-state index contributed by atoms with van der Waals surface area (Å²) in [6.45, 7) is 12.0. The van der Waals surface area contributed by atoms with E-state index in [1.165, 1.54) is 51.7 Å². The smallest absolute Gasteiger partial charge is 0.0124 e. The molecule has 3 unspecified atom stereocenters. The lowest BCUT2D eigenvalue weighted by Gasteiger charge is -2.33. The molecule has 0 aromatic rings. The monoisotopic (exact) mass is 252 g/mol. The maximum Gasteiger partial charge on any atom is 0.0124 e. The van der Waals surface area contributed by atoms with E-state index in [4.69, 9.17) is 0 Å². The number of likely N-dealkylation sites (tertiary alicyclic amines) is 1. The molecule has 1 N–H and O–H groups in total. The first-order chi connectivity index (χ1) is 8.66. The molecule has 0 amide bonds. The van der Waals surface area contributed by atoms with Crippen LogP contribution in [0.3, 0.4) is 0 Å². The van der Waals surface area contributed by atoms with Crippen molar-refractivity contribution in [2.24, 2.45) is 17.8 Å². The van der Waals surface area contributed by atoms with E-state index >= 15 is 0 Å². The zero-order valence-electron chi connectivity index (χ0n) is 12.6. The second kappa shape index (κ2) is 6.91. The topological polar surface area (TPSA) is 15.3 Å². The van der Waals surface area contributed by atoms with Gasteiger partial charge in [0, 0.05) is 12.6 Å². The molecule has 18 heavy (non-hydrogen) atoms. The van der Waals surface area contributed by atoms with Gasteiger partial charge in [-0.1, -0.05) is 33.6 Å². The zero-order chi connectivity index (χ0) is 13.0. The van der Waals surface area contributed by atoms with Crippen LogP contribution in [0.5, 0.6) is 0 Å². The van der Waals surface area contributed by atoms with Gasteiger partial charge in [-0.15, -0.1) is 0 Å². The Morgan fingerprint density at radius 1 is 1.06 bits per heavy atom. The van der Waals surface area contributed by atoms with Gasteiger partial charge in [0.1, 0.15) is 0 Å². The van der Waals surface area contributed by atoms with Crippen LogP contribution in [-0.2, 0) is 0 Å². The molecule has 2 rings (SSSR count). The van der Waals surface area contributed by atoms with Crippen LogP contribution < -0.4 is 5.32 Å². The summed E-state index contributed by atoms with van der Waals surface area (Å²) < 4.78 is 0. The van der Waals surface area contributed by atoms with Crippen LogP contribution in [0.2, 0.25) is 0 Å². The minimum atomic E-state index is 0.770. The first kappa shape index (κ1) is 14.3. The average molecular weight is 252 g/mol. The highest BCUT2D eigenvalue weighted by Crippen LogP contribution is 2.36. The normalized spacial score (nSPS) is 30.7. The third kappa shape index (κ3) is 3.96. The molecular weight excluding hydrogens is 220 g/mol. The molecular formula is C16H32N2. The summed E-state index contributed by atoms with van der Waals surface area (Å²) in [5, 5.41) is 3.60. The highest BCUT2D eigenvalue weighted by atomic mass is 15.2. The third-order valence-electron chi connectivity index (χ3n) is 4.72. The van der Waals surface area contributed by atoms with Crippen LogP contribution in [0, 0.1) is 17.8 Å². The predicted octanol–water partition coefficient (Wildman–Crippen LogP) is 3.13. The lowest BCUT2D eigenvalue weighted by molar-refractivity contribution is 0.162. The van der Waals surface area contributed by atoms with Crippen molar-refractivity contribution in [3.05, 3.63) is 0 Å². The van der Waals surface area contributed by atoms with Gasteiger partial charge in [0.15, 0.2) is 0 Å². The highest BCUT2D eigenvalue weighted by molar-refractivity contribution is 4.90. The fourth-order valence-electron chi connectivity index (χ4n) is 3.81. The molecule has 1 saturated carbocycles. The predicted molar refractivity (Wildman–Crippen MR) is 78.8 cm³/mol. The van der Waals surface area contributed by atoms with E-state index in [0.717, 1.165) is 30.3 Å². The molecule has 3 atom stereocenters. The molecule has 2 nitrogen and oxygen atoms in total. The van der Waals surface area contributed by atoms with Crippen LogP contribution in [0.15, 0.2) is 0 Å². The van der Waals surface area contributed by atoms with Crippen LogP contribution in [0.25, 0.3) is 0 Å². The minimum Gasteiger partial charge on any atom is -0.316 e. The van der Waals surface area contributed by atoms with Crippen molar-refractivity contribution in [3.63, 3.8) is 0 Å². The van der Waals surface area contributed by atoms with Crippen LogP contribution in [-0.4, -0.2) is 37.1 Å². The fraction of sp³-hybridized carbons (Fsp3) is 1.00. The SMILES string of the molecule is CC(C)CNCC(C)CN1CCC2CCCCC21. The van der Waals surface area contributed by atoms with Crippen molar-refractivity contribution >= 4 is 0 Å². The minimum absolute atomic E-state index is 0.770. The van der Waals surface area contributed by atoms with Gasteiger partial charge in [-0.25, -0.2) is 0 Å². The molecule has 2 heteroatoms. The molecule has 1 aliphatic heterocycles. The molecule has 0 aromatic heterocycles. The van der Waals surface area contributed by atoms with Crippen LogP contribution in [0.4, 0.5) is 0 Å². The Morgan fingerprint density at radius 3 is 2.61 bits per heavy atom. The van der Waals surface area contributed by atoms with E-state index < -0.39 is 0 Å². The van der Waals surface area contributed by atoms with Crippen molar-refractivity contribution in [1.82, 2.24) is 10.2 Å². The summed E-state index contributed by atoms with van der Waals surface area (Å²) in [7, 11) is 0. The molecule has 106 valence electrons. The maximum atomic E-state index is 3.60. The number of rotatable bonds is 6. The van der Waals surface area contributed by atoms with Gasteiger partial charge in [-0.2, -0.15) is 0 Å². The molecule has 0 aromatic carbocycles. The first-order valence-corrected chi connectivity index (χ1v) is 8.11. The van der Waals surface area contributed by atoms with Gasteiger partial charge in [0.25, 0.3) is 0 Å². The fourth-order valence-corrected chi connectivity index (χ4v) is 3.81. The Balaban J connectivity index is 1.69. The number of nitrogens with one attached hydrogen (secondary N) is 1. The Hall–Kier alpha value is -0.0800. The third-order valence-corrected chi connectivity index (χ3v) is 4.72. The van der Waals surface area contributed by atoms with Crippen molar-refractivity contribution < 1.29 is 0 Å². The molecule has 1 heterocycles. The summed E-state index contributed by atoms with van der Waals surface area (Å²) in [4.78, 5) is 2.80. The number of nitrogens with zero attached hydrogens (tertiary/aromatic N) is 1. The molecule has 2 aliphatic rings. The largest absolute Gasteiger partial charge is 0.316 e. The van der Waals surface area contributed by atoms with Gasteiger partial charge >= 0.3 is 0 Å². The van der Waals surface area contributed by atoms with E-state index in [1.807, 2.05) is 0 Å². The number of fused-ring (bicyclic) bond motifs is 1. The molecule has 0 spiro atoms. The summed E-state index contributed by atoms with van der Waals surface area (Å²) in [5.74, 6) is 2.60. The Labute approximate surface area is 114 Å². The quantitative estimate of drug-likeness (QED) is 0.781. The van der Waals surface area contributed by atoms with Crippen molar-refractivity contribution in [2.75, 3.05) is 26.2 Å². The Bertz CT molecular complexity index is 239. The van der Waals surface area contributed by atoms with Gasteiger partial charge in [-0.3, -0.25) is 4.90 Å². The summed E-state index contributed by atoms with van der Waals surface area (Å²) in [6, 6.07) is 0.936. The van der Waals surface area contributed by atoms with E-state index in [-0.39, 0.29) is 0 Å². The molecule has 1 saturated heterocycles. The van der Waals surface area contributed by atoms with E-state index in [9.17, 15) is 0 Å². The van der Waals surface area contributed by atoms with Gasteiger partial charge < -0.3 is 5.32 Å². The van der Waals surface area contributed by atoms with Gasteiger partial charge in [0.05, 0.1) is 0 Å². The summed E-state index contributed by atoms with van der Waals surface area (Å²) in [6.07, 6.45) is 7.40. The number of hydrogen-bond acceptors (Lipinski definition) is 2. The van der Waals surface area contributed by atoms with E-state index in [0.29, 0.717) is 0 Å². The number of hydrogen-bond donors (Lipinski definition) is 1. The lowest BCUT2D eigenvalue weighted by atomic mass is 9.85. The molecule has 1 aliphatic carbocycles. The Kier molecular flexibility index (Phi) is 5.50. The molecule has 0 radical (unpaired) electrons. The standard InChI is InChI=1S/C16H32N2/c1-13(2)10-17-11-14(3)12-18-9-8-15-6-4-5-7-16(15)18/h13-17H,4-12H2,1-3H3. The lowest BCUT2D eigenvalue weighted by Crippen LogP contribution is -2.39. The van der Waals surface area contributed by atoms with Crippen LogP contribution >= 0.6 is 0 Å². The maximum absolute atomic E-state index is 3.60. The van der Waals surface area contributed by atoms with Crippen LogP contribution in [0.1, 0.15) is 52.9 Å². The van der Waals surface area contributed by atoms with Gasteiger partial charge in [-0.05, 0) is 56.7 Å². The summed E-state index contributed by atoms with van der Waals surface area (Å²) >= 11 is 0. The van der Waals surface area contributed by atoms with E-state index in [2.05, 4.69) is 31.0 Å². The molecule has 0 bridgehead atoms. The second-order valence-corrected chi connectivity index (χ2v) is 7.05. The van der Waals surface area contributed by atoms with Gasteiger partial charge in [0.2, 0.25) is 0 Å². The highest BCUT2D eigenvalue weighted by Gasteiger charge is 2.35. The van der Waals surface area contributed by atoms with E-state index in [1.54, 1.807) is 0 Å². The Morgan fingerprint density at radius 2 is 1.83 bits per heavy atom. The summed E-state index contributed by atoms with van der Waals surface area (Å²) in [5.41, 5.74) is 0. The zero-order valence-corrected chi connectivity index (χ0v) is 12.6. The average Bonchev–Trinajstić information content (AvgIpc) is 2.72. The first-order valence-electron chi connectivity index (χ1n) is 8.11. The van der Waals surface area contributed by atoms with Crippen molar-refractivity contribution in [2.45, 2.75) is 58.9 Å². The van der Waals surface area contributed by atoms with Crippen molar-refractivity contribution in [1.29, 1.82) is 0 Å². The second-order valence-electron chi connectivity index (χ2n) is 7.05.